The van der Waals surface area contributed by atoms with Crippen molar-refractivity contribution in [1.82, 2.24) is 10.2 Å². The predicted octanol–water partition coefficient (Wildman–Crippen LogP) is 5.70. The zero-order valence-electron chi connectivity index (χ0n) is 21.9. The third-order valence-corrected chi connectivity index (χ3v) is 6.02. The highest BCUT2D eigenvalue weighted by atomic mass is 35.5. The average molecular weight is 534 g/mol. The largest absolute Gasteiger partial charge is 0.444 e. The number of carbonyl (C=O) groups is 3. The first-order valence-electron chi connectivity index (χ1n) is 11.8. The van der Waals surface area contributed by atoms with Crippen molar-refractivity contribution >= 4 is 47.8 Å². The van der Waals surface area contributed by atoms with Gasteiger partial charge in [0.1, 0.15) is 17.7 Å². The van der Waals surface area contributed by atoms with Crippen molar-refractivity contribution < 1.29 is 19.1 Å². The van der Waals surface area contributed by atoms with Crippen LogP contribution in [0.4, 0.5) is 10.5 Å². The van der Waals surface area contributed by atoms with Crippen LogP contribution < -0.4 is 10.6 Å². The standard InChI is InChI=1S/C27H36ClN3O4S/c1-16(2)31(25(33)21(15-36)29-26(34)35-27(5,6)7)23(19-12-8-10-17(3)14-19)24(32)30-22-18(4)11-9-13-20(22)28/h8-14,16,21,23,36H,15H2,1-7H3,(H,29,34)(H,30,32). The van der Waals surface area contributed by atoms with Crippen molar-refractivity contribution in [2.45, 2.75) is 72.2 Å². The molecule has 196 valence electrons. The van der Waals surface area contributed by atoms with Crippen LogP contribution in [-0.2, 0) is 14.3 Å². The molecule has 0 saturated heterocycles. The number of thiol groups is 1. The number of para-hydroxylation sites is 1. The number of rotatable bonds is 8. The van der Waals surface area contributed by atoms with Crippen LogP contribution in [0, 0.1) is 13.8 Å². The van der Waals surface area contributed by atoms with Gasteiger partial charge in [-0.3, -0.25) is 9.59 Å². The van der Waals surface area contributed by atoms with E-state index in [0.29, 0.717) is 16.3 Å². The van der Waals surface area contributed by atoms with Gasteiger partial charge in [0.15, 0.2) is 0 Å². The molecule has 2 unspecified atom stereocenters. The third-order valence-electron chi connectivity index (χ3n) is 5.34. The Morgan fingerprint density at radius 3 is 2.25 bits per heavy atom. The van der Waals surface area contributed by atoms with Crippen LogP contribution in [0.25, 0.3) is 0 Å². The Kier molecular flexibility index (Phi) is 10.3. The van der Waals surface area contributed by atoms with Crippen LogP contribution in [0.3, 0.4) is 0 Å². The smallest absolute Gasteiger partial charge is 0.408 e. The fourth-order valence-electron chi connectivity index (χ4n) is 3.76. The molecule has 0 spiro atoms. The van der Waals surface area contributed by atoms with Gasteiger partial charge in [-0.05, 0) is 65.7 Å². The van der Waals surface area contributed by atoms with Gasteiger partial charge in [-0.1, -0.05) is 53.6 Å². The summed E-state index contributed by atoms with van der Waals surface area (Å²) in [6.07, 6.45) is -0.734. The molecule has 2 N–H and O–H groups in total. The second-order valence-electron chi connectivity index (χ2n) is 9.96. The lowest BCUT2D eigenvalue weighted by Gasteiger charge is -2.37. The van der Waals surface area contributed by atoms with E-state index in [-0.39, 0.29) is 11.8 Å². The molecule has 2 aromatic rings. The molecule has 2 rings (SSSR count). The van der Waals surface area contributed by atoms with Crippen molar-refractivity contribution in [1.29, 1.82) is 0 Å². The fraction of sp³-hybridized carbons (Fsp3) is 0.444. The summed E-state index contributed by atoms with van der Waals surface area (Å²) < 4.78 is 5.33. The first-order valence-corrected chi connectivity index (χ1v) is 12.8. The lowest BCUT2D eigenvalue weighted by Crippen LogP contribution is -2.55. The second kappa shape index (κ2) is 12.5. The van der Waals surface area contributed by atoms with E-state index >= 15 is 0 Å². The highest BCUT2D eigenvalue weighted by molar-refractivity contribution is 7.80. The van der Waals surface area contributed by atoms with Crippen molar-refractivity contribution in [2.24, 2.45) is 0 Å². The van der Waals surface area contributed by atoms with Crippen LogP contribution in [-0.4, -0.2) is 46.2 Å². The van der Waals surface area contributed by atoms with Gasteiger partial charge in [-0.15, -0.1) is 0 Å². The van der Waals surface area contributed by atoms with E-state index in [9.17, 15) is 14.4 Å². The van der Waals surface area contributed by atoms with Crippen LogP contribution in [0.2, 0.25) is 5.02 Å². The number of ether oxygens (including phenoxy) is 1. The lowest BCUT2D eigenvalue weighted by molar-refractivity contribution is -0.142. The molecular formula is C27H36ClN3O4S. The molecule has 0 heterocycles. The van der Waals surface area contributed by atoms with E-state index in [1.807, 2.05) is 52.0 Å². The number of aryl methyl sites for hydroxylation is 2. The first kappa shape index (κ1) is 29.5. The van der Waals surface area contributed by atoms with E-state index < -0.39 is 35.6 Å². The van der Waals surface area contributed by atoms with Gasteiger partial charge in [0.2, 0.25) is 5.91 Å². The monoisotopic (exact) mass is 533 g/mol. The SMILES string of the molecule is Cc1cccc(C(C(=O)Nc2c(C)cccc2Cl)N(C(=O)C(CS)NC(=O)OC(C)(C)C)C(C)C)c1. The van der Waals surface area contributed by atoms with E-state index in [4.69, 9.17) is 16.3 Å². The van der Waals surface area contributed by atoms with Crippen molar-refractivity contribution in [3.8, 4) is 0 Å². The minimum atomic E-state index is -1.01. The quantitative estimate of drug-likeness (QED) is 0.380. The van der Waals surface area contributed by atoms with Gasteiger partial charge < -0.3 is 20.3 Å². The number of hydrogen-bond acceptors (Lipinski definition) is 5. The minimum Gasteiger partial charge on any atom is -0.444 e. The minimum absolute atomic E-state index is 0.0209. The molecule has 7 nitrogen and oxygen atoms in total. The van der Waals surface area contributed by atoms with Crippen LogP contribution in [0.5, 0.6) is 0 Å². The lowest BCUT2D eigenvalue weighted by atomic mass is 9.99. The highest BCUT2D eigenvalue weighted by Gasteiger charge is 2.37. The molecule has 0 aliphatic rings. The van der Waals surface area contributed by atoms with Gasteiger partial charge in [0.05, 0.1) is 10.7 Å². The predicted molar refractivity (Wildman–Crippen MR) is 148 cm³/mol. The molecule has 0 aliphatic heterocycles. The number of alkyl carbamates (subject to hydrolysis) is 1. The zero-order chi connectivity index (χ0) is 27.2. The molecule has 0 aliphatic carbocycles. The topological polar surface area (TPSA) is 87.7 Å². The summed E-state index contributed by atoms with van der Waals surface area (Å²) in [6.45, 7) is 12.6. The number of halogens is 1. The van der Waals surface area contributed by atoms with Crippen LogP contribution in [0.1, 0.15) is 57.4 Å². The Bertz CT molecular complexity index is 1080. The summed E-state index contributed by atoms with van der Waals surface area (Å²) in [5, 5.41) is 5.92. The van der Waals surface area contributed by atoms with Crippen LogP contribution in [0.15, 0.2) is 42.5 Å². The maximum Gasteiger partial charge on any atom is 0.408 e. The summed E-state index contributed by atoms with van der Waals surface area (Å²) in [6, 6.07) is 10.4. The van der Waals surface area contributed by atoms with Gasteiger partial charge in [-0.2, -0.15) is 12.6 Å². The molecule has 0 aromatic heterocycles. The summed E-state index contributed by atoms with van der Waals surface area (Å²) >= 11 is 10.7. The van der Waals surface area contributed by atoms with Gasteiger partial charge in [0.25, 0.3) is 5.91 Å². The van der Waals surface area contributed by atoms with Crippen molar-refractivity contribution in [3.63, 3.8) is 0 Å². The first-order chi connectivity index (χ1) is 16.7. The normalized spacial score (nSPS) is 13.1. The summed E-state index contributed by atoms with van der Waals surface area (Å²) in [4.78, 5) is 41.5. The maximum absolute atomic E-state index is 13.8. The molecule has 36 heavy (non-hydrogen) atoms. The Morgan fingerprint density at radius 2 is 1.72 bits per heavy atom. The Hall–Kier alpha value is -2.71. The molecule has 0 bridgehead atoms. The van der Waals surface area contributed by atoms with E-state index in [0.717, 1.165) is 11.1 Å². The van der Waals surface area contributed by atoms with E-state index in [1.54, 1.807) is 39.0 Å². The van der Waals surface area contributed by atoms with Crippen LogP contribution >= 0.6 is 24.2 Å². The summed E-state index contributed by atoms with van der Waals surface area (Å²) in [5.41, 5.74) is 2.11. The molecule has 3 amide bonds. The number of benzene rings is 2. The number of amides is 3. The van der Waals surface area contributed by atoms with Gasteiger partial charge in [-0.25, -0.2) is 4.79 Å². The highest BCUT2D eigenvalue weighted by Crippen LogP contribution is 2.30. The molecule has 2 atom stereocenters. The van der Waals surface area contributed by atoms with E-state index in [1.165, 1.54) is 4.90 Å². The maximum atomic E-state index is 13.8. The van der Waals surface area contributed by atoms with Crippen molar-refractivity contribution in [3.05, 3.63) is 64.2 Å². The Morgan fingerprint density at radius 1 is 1.08 bits per heavy atom. The average Bonchev–Trinajstić information content (AvgIpc) is 2.76. The summed E-state index contributed by atoms with van der Waals surface area (Å²) in [7, 11) is 0. The molecule has 9 heteroatoms. The van der Waals surface area contributed by atoms with Gasteiger partial charge >= 0.3 is 6.09 Å². The number of carbonyl (C=O) groups excluding carboxylic acids is 3. The molecule has 0 saturated carbocycles. The molecule has 2 aromatic carbocycles. The Balaban J connectivity index is 2.50. The third kappa shape index (κ3) is 7.90. The number of nitrogens with one attached hydrogen (secondary N) is 2. The molecular weight excluding hydrogens is 498 g/mol. The molecule has 0 fully saturated rings. The zero-order valence-corrected chi connectivity index (χ0v) is 23.5. The number of nitrogens with zero attached hydrogens (tertiary/aromatic N) is 1. The molecule has 0 radical (unpaired) electrons. The summed E-state index contributed by atoms with van der Waals surface area (Å²) in [5.74, 6) is -0.856. The van der Waals surface area contributed by atoms with Crippen molar-refractivity contribution in [2.75, 3.05) is 11.1 Å². The Labute approximate surface area is 224 Å². The van der Waals surface area contributed by atoms with Gasteiger partial charge in [0, 0.05) is 11.8 Å². The number of hydrogen-bond donors (Lipinski definition) is 3. The fourth-order valence-corrected chi connectivity index (χ4v) is 4.27. The second-order valence-corrected chi connectivity index (χ2v) is 10.7. The van der Waals surface area contributed by atoms with E-state index in [2.05, 4.69) is 23.3 Å². The number of anilines is 1.